The van der Waals surface area contributed by atoms with Gasteiger partial charge in [-0.25, -0.2) is 0 Å². The molecule has 1 heterocycles. The predicted molar refractivity (Wildman–Crippen MR) is 56.2 cm³/mol. The van der Waals surface area contributed by atoms with Crippen LogP contribution in [0.25, 0.3) is 0 Å². The second-order valence-corrected chi connectivity index (χ2v) is 4.07. The van der Waals surface area contributed by atoms with Gasteiger partial charge in [0.05, 0.1) is 5.82 Å². The van der Waals surface area contributed by atoms with E-state index in [0.717, 1.165) is 0 Å². The van der Waals surface area contributed by atoms with Crippen LogP contribution >= 0.6 is 0 Å². The van der Waals surface area contributed by atoms with E-state index >= 15 is 0 Å². The quantitative estimate of drug-likeness (QED) is 0.682. The van der Waals surface area contributed by atoms with Crippen LogP contribution in [-0.2, 0) is 0 Å². The monoisotopic (exact) mass is 183 g/mol. The molecule has 0 bridgehead atoms. The van der Waals surface area contributed by atoms with Crippen molar-refractivity contribution in [3.8, 4) is 0 Å². The van der Waals surface area contributed by atoms with Gasteiger partial charge < -0.3 is 16.0 Å². The van der Waals surface area contributed by atoms with E-state index in [1.807, 2.05) is 0 Å². The summed E-state index contributed by atoms with van der Waals surface area (Å²) in [6, 6.07) is 1.20. The topological polar surface area (TPSA) is 41.3 Å². The van der Waals surface area contributed by atoms with Crippen LogP contribution in [0.4, 0.5) is 0 Å². The van der Waals surface area contributed by atoms with E-state index in [9.17, 15) is 0 Å². The van der Waals surface area contributed by atoms with Crippen LogP contribution in [0, 0.1) is 0 Å². The molecular weight excluding hydrogens is 162 g/mol. The molecule has 0 amide bonds. The third-order valence-corrected chi connectivity index (χ3v) is 2.65. The van der Waals surface area contributed by atoms with E-state index < -0.39 is 0 Å². The zero-order valence-corrected chi connectivity index (χ0v) is 8.71. The summed E-state index contributed by atoms with van der Waals surface area (Å²) in [5, 5.41) is 3.20. The van der Waals surface area contributed by atoms with Gasteiger partial charge in [0.25, 0.3) is 0 Å². The van der Waals surface area contributed by atoms with Gasteiger partial charge in [-0.2, -0.15) is 0 Å². The van der Waals surface area contributed by atoms with Crippen molar-refractivity contribution in [3.05, 3.63) is 12.4 Å². The Bertz CT molecular complexity index is 169. The molecule has 0 unspecified atom stereocenters. The lowest BCUT2D eigenvalue weighted by Crippen LogP contribution is -2.45. The van der Waals surface area contributed by atoms with Crippen molar-refractivity contribution in [1.82, 2.24) is 10.2 Å². The maximum Gasteiger partial charge on any atom is 0.0888 e. The molecule has 3 heteroatoms. The van der Waals surface area contributed by atoms with Crippen LogP contribution < -0.4 is 11.1 Å². The lowest BCUT2D eigenvalue weighted by atomic mass is 10.0. The average Bonchev–Trinajstić information content (AvgIpc) is 2.04. The molecule has 13 heavy (non-hydrogen) atoms. The number of likely N-dealkylation sites (tertiary alicyclic amines) is 1. The van der Waals surface area contributed by atoms with Gasteiger partial charge in [0.2, 0.25) is 0 Å². The normalized spacial score (nSPS) is 20.5. The maximum absolute atomic E-state index is 5.50. The van der Waals surface area contributed by atoms with Crippen molar-refractivity contribution in [3.63, 3.8) is 0 Å². The summed E-state index contributed by atoms with van der Waals surface area (Å²) in [4.78, 5) is 2.50. The highest BCUT2D eigenvalue weighted by atomic mass is 15.2. The number of nitrogens with zero attached hydrogens (tertiary/aromatic N) is 1. The predicted octanol–water partition coefficient (Wildman–Crippen LogP) is 0.879. The number of piperidine rings is 1. The molecule has 0 spiro atoms. The van der Waals surface area contributed by atoms with Crippen LogP contribution in [0.5, 0.6) is 0 Å². The van der Waals surface area contributed by atoms with Crippen LogP contribution in [-0.4, -0.2) is 30.1 Å². The van der Waals surface area contributed by atoms with Crippen molar-refractivity contribution >= 4 is 0 Å². The van der Waals surface area contributed by atoms with Crippen molar-refractivity contribution in [2.24, 2.45) is 5.73 Å². The summed E-state index contributed by atoms with van der Waals surface area (Å²) >= 11 is 0. The Hall–Kier alpha value is -0.700. The SMILES string of the molecule is C=C(N)NC1CCN(C(C)C)CC1. The van der Waals surface area contributed by atoms with E-state index in [2.05, 4.69) is 30.6 Å². The fourth-order valence-corrected chi connectivity index (χ4v) is 1.82. The molecule has 3 nitrogen and oxygen atoms in total. The Morgan fingerprint density at radius 1 is 1.46 bits per heavy atom. The van der Waals surface area contributed by atoms with E-state index in [1.54, 1.807) is 0 Å². The van der Waals surface area contributed by atoms with Crippen molar-refractivity contribution < 1.29 is 0 Å². The van der Waals surface area contributed by atoms with Crippen molar-refractivity contribution in [2.75, 3.05) is 13.1 Å². The summed E-state index contributed by atoms with van der Waals surface area (Å²) in [6.07, 6.45) is 2.35. The second-order valence-electron chi connectivity index (χ2n) is 4.07. The second kappa shape index (κ2) is 4.51. The number of nitrogens with two attached hydrogens (primary N) is 1. The van der Waals surface area contributed by atoms with Crippen molar-refractivity contribution in [2.45, 2.75) is 38.8 Å². The number of hydrogen-bond donors (Lipinski definition) is 2. The Morgan fingerprint density at radius 3 is 2.38 bits per heavy atom. The standard InChI is InChI=1S/C10H21N3/c1-8(2)13-6-4-10(5-7-13)12-9(3)11/h8,10,12H,3-7,11H2,1-2H3. The lowest BCUT2D eigenvalue weighted by Gasteiger charge is -2.35. The molecule has 0 atom stereocenters. The van der Waals surface area contributed by atoms with Gasteiger partial charge in [-0.15, -0.1) is 0 Å². The Morgan fingerprint density at radius 2 is 2.00 bits per heavy atom. The molecule has 0 aromatic carbocycles. The maximum atomic E-state index is 5.50. The van der Waals surface area contributed by atoms with Crippen LogP contribution in [0.1, 0.15) is 26.7 Å². The fourth-order valence-electron chi connectivity index (χ4n) is 1.82. The molecule has 1 aliphatic heterocycles. The van der Waals surface area contributed by atoms with Gasteiger partial charge in [-0.1, -0.05) is 6.58 Å². The Kier molecular flexibility index (Phi) is 3.60. The molecule has 0 radical (unpaired) electrons. The third-order valence-electron chi connectivity index (χ3n) is 2.65. The largest absolute Gasteiger partial charge is 0.386 e. The molecule has 1 rings (SSSR count). The molecule has 3 N–H and O–H groups in total. The fraction of sp³-hybridized carbons (Fsp3) is 0.800. The first-order chi connectivity index (χ1) is 6.09. The minimum Gasteiger partial charge on any atom is -0.386 e. The molecule has 76 valence electrons. The summed E-state index contributed by atoms with van der Waals surface area (Å²) < 4.78 is 0. The van der Waals surface area contributed by atoms with Crippen LogP contribution in [0.2, 0.25) is 0 Å². The smallest absolute Gasteiger partial charge is 0.0888 e. The van der Waals surface area contributed by atoms with Gasteiger partial charge in [-0.05, 0) is 26.7 Å². The zero-order chi connectivity index (χ0) is 9.84. The minimum atomic E-state index is 0.535. The minimum absolute atomic E-state index is 0.535. The number of rotatable bonds is 3. The molecule has 0 aromatic rings. The van der Waals surface area contributed by atoms with E-state index in [1.165, 1.54) is 25.9 Å². The van der Waals surface area contributed by atoms with E-state index in [4.69, 9.17) is 5.73 Å². The van der Waals surface area contributed by atoms with Gasteiger partial charge in [0, 0.05) is 25.2 Å². The van der Waals surface area contributed by atoms with Gasteiger partial charge in [0.15, 0.2) is 0 Å². The number of hydrogen-bond acceptors (Lipinski definition) is 3. The average molecular weight is 183 g/mol. The highest BCUT2D eigenvalue weighted by Crippen LogP contribution is 2.12. The molecular formula is C10H21N3. The first-order valence-corrected chi connectivity index (χ1v) is 5.04. The Labute approximate surface area is 81.0 Å². The molecule has 1 fully saturated rings. The summed E-state index contributed by atoms with van der Waals surface area (Å²) in [5.74, 6) is 0.600. The highest BCUT2D eigenvalue weighted by Gasteiger charge is 2.20. The first kappa shape index (κ1) is 10.4. The Balaban J connectivity index is 2.26. The summed E-state index contributed by atoms with van der Waals surface area (Å²) in [7, 11) is 0. The lowest BCUT2D eigenvalue weighted by molar-refractivity contribution is 0.164. The molecule has 0 saturated carbocycles. The highest BCUT2D eigenvalue weighted by molar-refractivity contribution is 4.89. The van der Waals surface area contributed by atoms with E-state index in [-0.39, 0.29) is 0 Å². The summed E-state index contributed by atoms with van der Waals surface area (Å²) in [6.45, 7) is 10.5. The van der Waals surface area contributed by atoms with Crippen LogP contribution in [0.3, 0.4) is 0 Å². The number of nitrogens with one attached hydrogen (secondary N) is 1. The molecule has 0 aliphatic carbocycles. The van der Waals surface area contributed by atoms with Crippen molar-refractivity contribution in [1.29, 1.82) is 0 Å². The zero-order valence-electron chi connectivity index (χ0n) is 8.71. The van der Waals surface area contributed by atoms with Gasteiger partial charge in [-0.3, -0.25) is 0 Å². The molecule has 1 aliphatic rings. The molecule has 0 aromatic heterocycles. The van der Waals surface area contributed by atoms with Crippen LogP contribution in [0.15, 0.2) is 12.4 Å². The van der Waals surface area contributed by atoms with Gasteiger partial charge in [0.1, 0.15) is 0 Å². The first-order valence-electron chi connectivity index (χ1n) is 5.04. The molecule has 1 saturated heterocycles. The third kappa shape index (κ3) is 3.27. The summed E-state index contributed by atoms with van der Waals surface area (Å²) in [5.41, 5.74) is 5.50. The van der Waals surface area contributed by atoms with E-state index in [0.29, 0.717) is 17.9 Å². The van der Waals surface area contributed by atoms with Gasteiger partial charge >= 0.3 is 0 Å².